The van der Waals surface area contributed by atoms with Gasteiger partial charge in [-0.05, 0) is 38.6 Å². The molecule has 4 nitrogen and oxygen atoms in total. The molecule has 104 valence electrons. The SMILES string of the molecule is CC(OCC1CCNC1)C(=O)N1CCCCCC1. The van der Waals surface area contributed by atoms with Crippen molar-refractivity contribution in [2.24, 2.45) is 5.92 Å². The van der Waals surface area contributed by atoms with Gasteiger partial charge in [-0.2, -0.15) is 0 Å². The summed E-state index contributed by atoms with van der Waals surface area (Å²) in [5.41, 5.74) is 0. The summed E-state index contributed by atoms with van der Waals surface area (Å²) in [5, 5.41) is 3.32. The lowest BCUT2D eigenvalue weighted by molar-refractivity contribution is -0.143. The second kappa shape index (κ2) is 7.10. The van der Waals surface area contributed by atoms with Gasteiger partial charge in [0.1, 0.15) is 6.10 Å². The van der Waals surface area contributed by atoms with Crippen molar-refractivity contribution < 1.29 is 9.53 Å². The third-order valence-corrected chi connectivity index (χ3v) is 4.01. The molecule has 0 saturated carbocycles. The summed E-state index contributed by atoms with van der Waals surface area (Å²) in [5.74, 6) is 0.771. The predicted molar refractivity (Wildman–Crippen MR) is 71.4 cm³/mol. The van der Waals surface area contributed by atoms with Crippen LogP contribution in [0.25, 0.3) is 0 Å². The number of ether oxygens (including phenoxy) is 1. The quantitative estimate of drug-likeness (QED) is 0.824. The van der Waals surface area contributed by atoms with E-state index in [-0.39, 0.29) is 12.0 Å². The molecule has 0 aliphatic carbocycles. The number of likely N-dealkylation sites (tertiary alicyclic amines) is 1. The zero-order valence-electron chi connectivity index (χ0n) is 11.5. The van der Waals surface area contributed by atoms with E-state index in [4.69, 9.17) is 4.74 Å². The van der Waals surface area contributed by atoms with Crippen LogP contribution in [0.15, 0.2) is 0 Å². The van der Waals surface area contributed by atoms with Gasteiger partial charge in [0.15, 0.2) is 0 Å². The van der Waals surface area contributed by atoms with Crippen molar-refractivity contribution in [3.63, 3.8) is 0 Å². The predicted octanol–water partition coefficient (Wildman–Crippen LogP) is 1.40. The summed E-state index contributed by atoms with van der Waals surface area (Å²) in [6.45, 7) is 6.56. The Balaban J connectivity index is 1.72. The second-order valence-electron chi connectivity index (χ2n) is 5.57. The average Bonchev–Trinajstić information content (AvgIpc) is 2.75. The molecule has 0 aromatic heterocycles. The maximum Gasteiger partial charge on any atom is 0.251 e. The van der Waals surface area contributed by atoms with E-state index in [9.17, 15) is 4.79 Å². The maximum absolute atomic E-state index is 12.2. The Morgan fingerprint density at radius 1 is 1.33 bits per heavy atom. The Bertz CT molecular complexity index is 257. The Hall–Kier alpha value is -0.610. The van der Waals surface area contributed by atoms with E-state index in [1.165, 1.54) is 19.3 Å². The number of nitrogens with zero attached hydrogens (tertiary/aromatic N) is 1. The Kier molecular flexibility index (Phi) is 5.45. The number of carbonyl (C=O) groups excluding carboxylic acids is 1. The molecule has 2 fully saturated rings. The van der Waals surface area contributed by atoms with Crippen LogP contribution in [0, 0.1) is 5.92 Å². The third kappa shape index (κ3) is 3.95. The molecule has 0 aromatic carbocycles. The molecule has 2 atom stereocenters. The normalized spacial score (nSPS) is 26.9. The van der Waals surface area contributed by atoms with Crippen molar-refractivity contribution in [3.05, 3.63) is 0 Å². The molecule has 4 heteroatoms. The number of hydrogen-bond donors (Lipinski definition) is 1. The number of carbonyl (C=O) groups is 1. The fourth-order valence-corrected chi connectivity index (χ4v) is 2.76. The summed E-state index contributed by atoms with van der Waals surface area (Å²) in [4.78, 5) is 14.2. The largest absolute Gasteiger partial charge is 0.368 e. The fraction of sp³-hybridized carbons (Fsp3) is 0.929. The molecule has 2 heterocycles. The van der Waals surface area contributed by atoms with Gasteiger partial charge in [-0.3, -0.25) is 4.79 Å². The Morgan fingerprint density at radius 3 is 2.67 bits per heavy atom. The summed E-state index contributed by atoms with van der Waals surface area (Å²) in [6.07, 6.45) is 5.70. The van der Waals surface area contributed by atoms with Gasteiger partial charge >= 0.3 is 0 Å². The van der Waals surface area contributed by atoms with Crippen molar-refractivity contribution in [2.75, 3.05) is 32.8 Å². The molecule has 2 unspecified atom stereocenters. The van der Waals surface area contributed by atoms with Crippen LogP contribution in [0.3, 0.4) is 0 Å². The van der Waals surface area contributed by atoms with Crippen molar-refractivity contribution in [1.82, 2.24) is 10.2 Å². The zero-order chi connectivity index (χ0) is 12.8. The number of amides is 1. The van der Waals surface area contributed by atoms with Gasteiger partial charge in [0, 0.05) is 19.6 Å². The van der Waals surface area contributed by atoms with Gasteiger partial charge in [0.25, 0.3) is 5.91 Å². The van der Waals surface area contributed by atoms with E-state index in [0.29, 0.717) is 12.5 Å². The first-order valence-corrected chi connectivity index (χ1v) is 7.38. The second-order valence-corrected chi connectivity index (χ2v) is 5.57. The lowest BCUT2D eigenvalue weighted by atomic mass is 10.1. The molecule has 0 radical (unpaired) electrons. The van der Waals surface area contributed by atoms with Gasteiger partial charge in [0.05, 0.1) is 6.61 Å². The van der Waals surface area contributed by atoms with Gasteiger partial charge in [-0.25, -0.2) is 0 Å². The van der Waals surface area contributed by atoms with E-state index in [1.54, 1.807) is 0 Å². The highest BCUT2D eigenvalue weighted by atomic mass is 16.5. The Morgan fingerprint density at radius 2 is 2.06 bits per heavy atom. The monoisotopic (exact) mass is 254 g/mol. The first-order valence-electron chi connectivity index (χ1n) is 7.38. The van der Waals surface area contributed by atoms with Crippen molar-refractivity contribution in [2.45, 2.75) is 45.1 Å². The molecule has 1 amide bonds. The van der Waals surface area contributed by atoms with E-state index < -0.39 is 0 Å². The summed E-state index contributed by atoms with van der Waals surface area (Å²) in [7, 11) is 0. The van der Waals surface area contributed by atoms with Crippen LogP contribution in [0.4, 0.5) is 0 Å². The third-order valence-electron chi connectivity index (χ3n) is 4.01. The van der Waals surface area contributed by atoms with Gasteiger partial charge < -0.3 is 15.0 Å². The lowest BCUT2D eigenvalue weighted by Gasteiger charge is -2.24. The molecule has 2 aliphatic heterocycles. The minimum atomic E-state index is -0.274. The molecular formula is C14H26N2O2. The van der Waals surface area contributed by atoms with Crippen LogP contribution >= 0.6 is 0 Å². The lowest BCUT2D eigenvalue weighted by Crippen LogP contribution is -2.40. The minimum absolute atomic E-state index is 0.183. The average molecular weight is 254 g/mol. The molecule has 2 rings (SSSR count). The molecular weight excluding hydrogens is 228 g/mol. The van der Waals surface area contributed by atoms with E-state index in [1.807, 2.05) is 11.8 Å². The van der Waals surface area contributed by atoms with Crippen LogP contribution in [-0.4, -0.2) is 49.7 Å². The molecule has 0 spiro atoms. The van der Waals surface area contributed by atoms with Crippen LogP contribution < -0.4 is 5.32 Å². The van der Waals surface area contributed by atoms with Crippen molar-refractivity contribution >= 4 is 5.91 Å². The highest BCUT2D eigenvalue weighted by molar-refractivity contribution is 5.80. The summed E-state index contributed by atoms with van der Waals surface area (Å²) < 4.78 is 5.75. The number of nitrogens with one attached hydrogen (secondary N) is 1. The molecule has 0 bridgehead atoms. The van der Waals surface area contributed by atoms with Gasteiger partial charge in [0.2, 0.25) is 0 Å². The molecule has 1 N–H and O–H groups in total. The summed E-state index contributed by atoms with van der Waals surface area (Å²) in [6, 6.07) is 0. The molecule has 2 aliphatic rings. The highest BCUT2D eigenvalue weighted by Crippen LogP contribution is 2.13. The first kappa shape index (κ1) is 13.8. The van der Waals surface area contributed by atoms with Crippen molar-refractivity contribution in [1.29, 1.82) is 0 Å². The van der Waals surface area contributed by atoms with Crippen LogP contribution in [0.1, 0.15) is 39.0 Å². The van der Waals surface area contributed by atoms with E-state index >= 15 is 0 Å². The topological polar surface area (TPSA) is 41.6 Å². The fourth-order valence-electron chi connectivity index (χ4n) is 2.76. The number of rotatable bonds is 4. The molecule has 2 saturated heterocycles. The minimum Gasteiger partial charge on any atom is -0.368 e. The smallest absolute Gasteiger partial charge is 0.251 e. The van der Waals surface area contributed by atoms with Gasteiger partial charge in [-0.1, -0.05) is 12.8 Å². The van der Waals surface area contributed by atoms with Crippen LogP contribution in [-0.2, 0) is 9.53 Å². The van der Waals surface area contributed by atoms with Crippen molar-refractivity contribution in [3.8, 4) is 0 Å². The molecule has 18 heavy (non-hydrogen) atoms. The summed E-state index contributed by atoms with van der Waals surface area (Å²) >= 11 is 0. The Labute approximate surface area is 110 Å². The molecule has 0 aromatic rings. The van der Waals surface area contributed by atoms with E-state index in [0.717, 1.165) is 39.0 Å². The highest BCUT2D eigenvalue weighted by Gasteiger charge is 2.23. The number of hydrogen-bond acceptors (Lipinski definition) is 3. The van der Waals surface area contributed by atoms with Gasteiger partial charge in [-0.15, -0.1) is 0 Å². The van der Waals surface area contributed by atoms with E-state index in [2.05, 4.69) is 5.32 Å². The first-order chi connectivity index (χ1) is 8.77. The van der Waals surface area contributed by atoms with Crippen LogP contribution in [0.2, 0.25) is 0 Å². The standard InChI is InChI=1S/C14H26N2O2/c1-12(18-11-13-6-7-15-10-13)14(17)16-8-4-2-3-5-9-16/h12-13,15H,2-11H2,1H3. The maximum atomic E-state index is 12.2. The zero-order valence-corrected chi connectivity index (χ0v) is 11.5. The van der Waals surface area contributed by atoms with Crippen LogP contribution in [0.5, 0.6) is 0 Å².